The molecular weight excluding hydrogens is 292 g/mol. The predicted molar refractivity (Wildman–Crippen MR) is 75.7 cm³/mol. The zero-order valence-electron chi connectivity index (χ0n) is 12.1. The SMILES string of the molecule is COC(=O)[C@H](NC(=O)C[C@@H]1C=CCC1)c1cc(F)ccc1F. The lowest BCUT2D eigenvalue weighted by molar-refractivity contribution is -0.145. The highest BCUT2D eigenvalue weighted by Crippen LogP contribution is 2.23. The molecule has 0 radical (unpaired) electrons. The van der Waals surface area contributed by atoms with Crippen LogP contribution in [0.4, 0.5) is 8.78 Å². The molecule has 0 spiro atoms. The highest BCUT2D eigenvalue weighted by Gasteiger charge is 2.27. The van der Waals surface area contributed by atoms with Gasteiger partial charge in [-0.2, -0.15) is 0 Å². The Bertz CT molecular complexity index is 601. The lowest BCUT2D eigenvalue weighted by atomic mass is 10.0. The number of halogens is 2. The van der Waals surface area contributed by atoms with Crippen LogP contribution in [0.25, 0.3) is 0 Å². The van der Waals surface area contributed by atoms with Gasteiger partial charge in [0.05, 0.1) is 7.11 Å². The van der Waals surface area contributed by atoms with Crippen LogP contribution < -0.4 is 5.32 Å². The van der Waals surface area contributed by atoms with Crippen molar-refractivity contribution in [2.45, 2.75) is 25.3 Å². The number of amides is 1. The standard InChI is InChI=1S/C16H17F2NO3/c1-22-16(21)15(12-9-11(17)6-7-13(12)18)19-14(20)8-10-4-2-3-5-10/h2,4,6-7,9-10,15H,3,5,8H2,1H3,(H,19,20)/t10-,15-/m1/s1. The summed E-state index contributed by atoms with van der Waals surface area (Å²) in [7, 11) is 1.12. The van der Waals surface area contributed by atoms with E-state index in [1.54, 1.807) is 0 Å². The zero-order valence-corrected chi connectivity index (χ0v) is 12.1. The van der Waals surface area contributed by atoms with Gasteiger partial charge >= 0.3 is 5.97 Å². The summed E-state index contributed by atoms with van der Waals surface area (Å²) >= 11 is 0. The first-order chi connectivity index (χ1) is 10.5. The van der Waals surface area contributed by atoms with Gasteiger partial charge in [-0.3, -0.25) is 4.79 Å². The van der Waals surface area contributed by atoms with Gasteiger partial charge in [0.1, 0.15) is 11.6 Å². The third-order valence-corrected chi connectivity index (χ3v) is 3.57. The smallest absolute Gasteiger partial charge is 0.333 e. The van der Waals surface area contributed by atoms with Gasteiger partial charge in [0, 0.05) is 12.0 Å². The molecule has 0 bridgehead atoms. The normalized spacial score (nSPS) is 18.0. The van der Waals surface area contributed by atoms with Gasteiger partial charge in [-0.15, -0.1) is 0 Å². The molecule has 2 rings (SSSR count). The molecule has 6 heteroatoms. The van der Waals surface area contributed by atoms with Crippen molar-refractivity contribution in [1.82, 2.24) is 5.32 Å². The average molecular weight is 309 g/mol. The van der Waals surface area contributed by atoms with E-state index in [9.17, 15) is 18.4 Å². The van der Waals surface area contributed by atoms with Crippen molar-refractivity contribution < 1.29 is 23.1 Å². The quantitative estimate of drug-likeness (QED) is 0.672. The van der Waals surface area contributed by atoms with Crippen LogP contribution >= 0.6 is 0 Å². The number of ether oxygens (including phenoxy) is 1. The summed E-state index contributed by atoms with van der Waals surface area (Å²) in [6, 6.07) is 1.37. The van der Waals surface area contributed by atoms with Gasteiger partial charge in [-0.25, -0.2) is 13.6 Å². The van der Waals surface area contributed by atoms with Gasteiger partial charge in [0.15, 0.2) is 6.04 Å². The number of hydrogen-bond donors (Lipinski definition) is 1. The van der Waals surface area contributed by atoms with E-state index in [1.165, 1.54) is 0 Å². The first kappa shape index (κ1) is 16.1. The van der Waals surface area contributed by atoms with Crippen molar-refractivity contribution in [2.24, 2.45) is 5.92 Å². The molecule has 1 N–H and O–H groups in total. The number of carbonyl (C=O) groups is 2. The van der Waals surface area contributed by atoms with Crippen LogP contribution in [0.3, 0.4) is 0 Å². The Morgan fingerprint density at radius 2 is 2.18 bits per heavy atom. The second-order valence-electron chi connectivity index (χ2n) is 5.16. The van der Waals surface area contributed by atoms with Gasteiger partial charge in [-0.1, -0.05) is 12.2 Å². The van der Waals surface area contributed by atoms with E-state index in [0.717, 1.165) is 38.2 Å². The summed E-state index contributed by atoms with van der Waals surface area (Å²) < 4.78 is 31.7. The summed E-state index contributed by atoms with van der Waals surface area (Å²) in [5.74, 6) is -2.62. The number of allylic oxidation sites excluding steroid dienone is 2. The molecule has 0 heterocycles. The molecule has 0 fully saturated rings. The number of carbonyl (C=O) groups excluding carboxylic acids is 2. The summed E-state index contributed by atoms with van der Waals surface area (Å²) in [5, 5.41) is 2.42. The molecule has 0 aromatic heterocycles. The van der Waals surface area contributed by atoms with E-state index in [4.69, 9.17) is 0 Å². The molecule has 0 unspecified atom stereocenters. The van der Waals surface area contributed by atoms with Crippen LogP contribution in [-0.2, 0) is 14.3 Å². The van der Waals surface area contributed by atoms with E-state index in [-0.39, 0.29) is 17.9 Å². The molecule has 0 aliphatic heterocycles. The van der Waals surface area contributed by atoms with E-state index in [2.05, 4.69) is 10.1 Å². The minimum Gasteiger partial charge on any atom is -0.467 e. The first-order valence-corrected chi connectivity index (χ1v) is 7.00. The second-order valence-corrected chi connectivity index (χ2v) is 5.16. The molecule has 22 heavy (non-hydrogen) atoms. The highest BCUT2D eigenvalue weighted by atomic mass is 19.1. The monoisotopic (exact) mass is 309 g/mol. The molecule has 1 aromatic carbocycles. The molecule has 4 nitrogen and oxygen atoms in total. The summed E-state index contributed by atoms with van der Waals surface area (Å²) in [4.78, 5) is 23.8. The molecule has 1 aliphatic rings. The van der Waals surface area contributed by atoms with Crippen molar-refractivity contribution in [3.05, 3.63) is 47.5 Å². The van der Waals surface area contributed by atoms with Gasteiger partial charge in [0.25, 0.3) is 0 Å². The molecule has 1 amide bonds. The first-order valence-electron chi connectivity index (χ1n) is 7.00. The third kappa shape index (κ3) is 3.90. The number of nitrogens with one attached hydrogen (secondary N) is 1. The fourth-order valence-corrected chi connectivity index (χ4v) is 2.44. The number of methoxy groups -OCH3 is 1. The fraction of sp³-hybridized carbons (Fsp3) is 0.375. The van der Waals surface area contributed by atoms with E-state index in [0.29, 0.717) is 0 Å². The third-order valence-electron chi connectivity index (χ3n) is 3.57. The van der Waals surface area contributed by atoms with Gasteiger partial charge in [0.2, 0.25) is 5.91 Å². The molecule has 118 valence electrons. The van der Waals surface area contributed by atoms with E-state index >= 15 is 0 Å². The summed E-state index contributed by atoms with van der Waals surface area (Å²) in [6.07, 6.45) is 5.90. The lowest BCUT2D eigenvalue weighted by Crippen LogP contribution is -2.35. The van der Waals surface area contributed by atoms with Gasteiger partial charge in [-0.05, 0) is 37.0 Å². The molecule has 1 aromatic rings. The molecule has 1 aliphatic carbocycles. The van der Waals surface area contributed by atoms with Crippen LogP contribution in [0.15, 0.2) is 30.4 Å². The molecule has 2 atom stereocenters. The number of hydrogen-bond acceptors (Lipinski definition) is 3. The average Bonchev–Trinajstić information content (AvgIpc) is 2.99. The Morgan fingerprint density at radius 1 is 1.41 bits per heavy atom. The van der Waals surface area contributed by atoms with Crippen LogP contribution in [0, 0.1) is 17.6 Å². The highest BCUT2D eigenvalue weighted by molar-refractivity contribution is 5.85. The topological polar surface area (TPSA) is 55.4 Å². The van der Waals surface area contributed by atoms with Crippen molar-refractivity contribution in [3.8, 4) is 0 Å². The van der Waals surface area contributed by atoms with Crippen LogP contribution in [0.5, 0.6) is 0 Å². The molecule has 0 saturated heterocycles. The number of esters is 1. The van der Waals surface area contributed by atoms with Gasteiger partial charge < -0.3 is 10.1 Å². The Morgan fingerprint density at radius 3 is 2.82 bits per heavy atom. The maximum atomic E-state index is 13.8. The largest absolute Gasteiger partial charge is 0.467 e. The summed E-state index contributed by atoms with van der Waals surface area (Å²) in [6.45, 7) is 0. The van der Waals surface area contributed by atoms with Crippen molar-refractivity contribution in [1.29, 1.82) is 0 Å². The minimum atomic E-state index is -1.36. The molecule has 0 saturated carbocycles. The zero-order chi connectivity index (χ0) is 16.1. The lowest BCUT2D eigenvalue weighted by Gasteiger charge is -2.18. The Hall–Kier alpha value is -2.24. The van der Waals surface area contributed by atoms with E-state index in [1.807, 2.05) is 12.2 Å². The predicted octanol–water partition coefficient (Wildman–Crippen LogP) is 2.65. The minimum absolute atomic E-state index is 0.107. The van der Waals surface area contributed by atoms with E-state index < -0.39 is 29.6 Å². The second kappa shape index (κ2) is 7.15. The fourth-order valence-electron chi connectivity index (χ4n) is 2.44. The van der Waals surface area contributed by atoms with Crippen molar-refractivity contribution in [3.63, 3.8) is 0 Å². The summed E-state index contributed by atoms with van der Waals surface area (Å²) in [5.41, 5.74) is -0.248. The Labute approximate surface area is 127 Å². The van der Waals surface area contributed by atoms with Crippen LogP contribution in [0.2, 0.25) is 0 Å². The Balaban J connectivity index is 2.15. The van der Waals surface area contributed by atoms with Crippen LogP contribution in [-0.4, -0.2) is 19.0 Å². The maximum absolute atomic E-state index is 13.8. The van der Waals surface area contributed by atoms with Crippen molar-refractivity contribution in [2.75, 3.05) is 7.11 Å². The van der Waals surface area contributed by atoms with Crippen LogP contribution in [0.1, 0.15) is 30.9 Å². The molecular formula is C16H17F2NO3. The van der Waals surface area contributed by atoms with Crippen molar-refractivity contribution >= 4 is 11.9 Å². The maximum Gasteiger partial charge on any atom is 0.333 e. The number of rotatable bonds is 5. The Kier molecular flexibility index (Phi) is 5.25. The number of benzene rings is 1.